The Balaban J connectivity index is 1.66. The zero-order valence-corrected chi connectivity index (χ0v) is 11.5. The van der Waals surface area contributed by atoms with Crippen LogP contribution in [-0.4, -0.2) is 48.2 Å². The first kappa shape index (κ1) is 14.9. The van der Waals surface area contributed by atoms with Gasteiger partial charge in [-0.05, 0) is 43.5 Å². The van der Waals surface area contributed by atoms with Gasteiger partial charge >= 0.3 is 0 Å². The van der Waals surface area contributed by atoms with Gasteiger partial charge in [-0.2, -0.15) is 0 Å². The summed E-state index contributed by atoms with van der Waals surface area (Å²) in [6.45, 7) is 2.31. The number of aliphatic hydroxyl groups excluding tert-OH is 1. The molecule has 1 fully saturated rings. The first-order chi connectivity index (χ1) is 9.63. The van der Waals surface area contributed by atoms with Crippen LogP contribution in [0.4, 0.5) is 4.39 Å². The van der Waals surface area contributed by atoms with Crippen molar-refractivity contribution in [3.05, 3.63) is 35.6 Å². The normalized spacial score (nSPS) is 19.8. The summed E-state index contributed by atoms with van der Waals surface area (Å²) in [6, 6.07) is 6.30. The van der Waals surface area contributed by atoms with Crippen LogP contribution in [0.15, 0.2) is 24.3 Å². The Morgan fingerprint density at radius 1 is 1.40 bits per heavy atom. The molecule has 2 N–H and O–H groups in total. The van der Waals surface area contributed by atoms with Crippen molar-refractivity contribution in [1.82, 2.24) is 10.2 Å². The number of β-amino-alcohol motifs (C(OH)–C–C–N with tert-alkyl or cyclic N) is 1. The molecule has 1 atom stereocenters. The highest BCUT2D eigenvalue weighted by molar-refractivity contribution is 5.78. The lowest BCUT2D eigenvalue weighted by molar-refractivity contribution is -0.122. The predicted octanol–water partition coefficient (Wildman–Crippen LogP) is 0.941. The van der Waals surface area contributed by atoms with E-state index in [1.165, 1.54) is 12.1 Å². The van der Waals surface area contributed by atoms with Crippen molar-refractivity contribution in [2.24, 2.45) is 0 Å². The minimum absolute atomic E-state index is 0.0267. The highest BCUT2D eigenvalue weighted by atomic mass is 19.1. The molecule has 5 heteroatoms. The Hall–Kier alpha value is -1.46. The number of benzene rings is 1. The summed E-state index contributed by atoms with van der Waals surface area (Å²) in [5, 5.41) is 12.4. The van der Waals surface area contributed by atoms with E-state index in [4.69, 9.17) is 0 Å². The molecular formula is C15H21FN2O2. The Morgan fingerprint density at radius 2 is 2.15 bits per heavy atom. The van der Waals surface area contributed by atoms with Crippen LogP contribution in [0, 0.1) is 5.82 Å². The van der Waals surface area contributed by atoms with E-state index in [1.807, 2.05) is 4.90 Å². The fourth-order valence-electron chi connectivity index (χ4n) is 2.43. The van der Waals surface area contributed by atoms with Gasteiger partial charge in [-0.1, -0.05) is 12.1 Å². The van der Waals surface area contributed by atoms with E-state index in [1.54, 1.807) is 12.1 Å². The van der Waals surface area contributed by atoms with Crippen LogP contribution >= 0.6 is 0 Å². The van der Waals surface area contributed by atoms with Gasteiger partial charge in [0.15, 0.2) is 0 Å². The molecule has 0 saturated carbocycles. The molecular weight excluding hydrogens is 259 g/mol. The lowest BCUT2D eigenvalue weighted by atomic mass is 10.1. The monoisotopic (exact) mass is 280 g/mol. The Labute approximate surface area is 118 Å². The average Bonchev–Trinajstić information content (AvgIpc) is 2.41. The topological polar surface area (TPSA) is 52.6 Å². The van der Waals surface area contributed by atoms with E-state index in [2.05, 4.69) is 5.32 Å². The van der Waals surface area contributed by atoms with Crippen molar-refractivity contribution >= 4 is 5.91 Å². The number of hydrogen-bond donors (Lipinski definition) is 2. The maximum atomic E-state index is 12.7. The van der Waals surface area contributed by atoms with Crippen molar-refractivity contribution in [2.75, 3.05) is 26.2 Å². The summed E-state index contributed by atoms with van der Waals surface area (Å²) in [6.07, 6.45) is 2.14. The third-order valence-corrected chi connectivity index (χ3v) is 3.50. The molecule has 4 nitrogen and oxygen atoms in total. The number of amides is 1. The quantitative estimate of drug-likeness (QED) is 0.844. The number of nitrogens with zero attached hydrogens (tertiary/aromatic N) is 1. The van der Waals surface area contributed by atoms with Crippen LogP contribution in [0.25, 0.3) is 0 Å². The van der Waals surface area contributed by atoms with Gasteiger partial charge in [0.1, 0.15) is 5.82 Å². The molecule has 1 aliphatic heterocycles. The van der Waals surface area contributed by atoms with Gasteiger partial charge in [0.25, 0.3) is 0 Å². The molecule has 2 rings (SSSR count). The molecule has 1 amide bonds. The summed E-state index contributed by atoms with van der Waals surface area (Å²) in [4.78, 5) is 13.7. The molecule has 0 spiro atoms. The average molecular weight is 280 g/mol. The molecule has 1 saturated heterocycles. The lowest BCUT2D eigenvalue weighted by Crippen LogP contribution is -2.44. The van der Waals surface area contributed by atoms with Gasteiger partial charge in [-0.15, -0.1) is 0 Å². The zero-order chi connectivity index (χ0) is 14.4. The molecule has 1 aromatic rings. The molecule has 0 radical (unpaired) electrons. The molecule has 1 aliphatic rings. The van der Waals surface area contributed by atoms with Gasteiger partial charge in [0.05, 0.1) is 12.6 Å². The van der Waals surface area contributed by atoms with Crippen molar-refractivity contribution in [2.45, 2.75) is 25.4 Å². The molecule has 20 heavy (non-hydrogen) atoms. The fraction of sp³-hybridized carbons (Fsp3) is 0.533. The fourth-order valence-corrected chi connectivity index (χ4v) is 2.43. The number of aliphatic hydroxyl groups is 1. The van der Waals surface area contributed by atoms with Crippen LogP contribution in [0.2, 0.25) is 0 Å². The Kier molecular flexibility index (Phi) is 5.49. The Bertz CT molecular complexity index is 436. The van der Waals surface area contributed by atoms with Crippen LogP contribution in [0.5, 0.6) is 0 Å². The molecule has 0 aliphatic carbocycles. The van der Waals surface area contributed by atoms with E-state index >= 15 is 0 Å². The first-order valence-corrected chi connectivity index (χ1v) is 7.05. The molecule has 0 aromatic heterocycles. The van der Waals surface area contributed by atoms with Crippen molar-refractivity contribution in [3.8, 4) is 0 Å². The summed E-state index contributed by atoms with van der Waals surface area (Å²) >= 11 is 0. The first-order valence-electron chi connectivity index (χ1n) is 7.05. The summed E-state index contributed by atoms with van der Waals surface area (Å²) < 4.78 is 12.7. The molecule has 110 valence electrons. The number of halogens is 1. The highest BCUT2D eigenvalue weighted by Crippen LogP contribution is 2.08. The second-order valence-electron chi connectivity index (χ2n) is 5.26. The maximum absolute atomic E-state index is 12.7. The number of carbonyl (C=O) groups is 1. The predicted molar refractivity (Wildman–Crippen MR) is 74.8 cm³/mol. The van der Waals surface area contributed by atoms with E-state index in [0.29, 0.717) is 26.1 Å². The number of likely N-dealkylation sites (tertiary alicyclic amines) is 1. The zero-order valence-electron chi connectivity index (χ0n) is 11.5. The minimum Gasteiger partial charge on any atom is -0.392 e. The van der Waals surface area contributed by atoms with Crippen LogP contribution < -0.4 is 5.32 Å². The largest absolute Gasteiger partial charge is 0.392 e. The minimum atomic E-state index is -0.309. The lowest BCUT2D eigenvalue weighted by Gasteiger charge is -2.29. The van der Waals surface area contributed by atoms with Gasteiger partial charge in [-0.3, -0.25) is 9.69 Å². The number of carbonyl (C=O) groups excluding carboxylic acids is 1. The maximum Gasteiger partial charge on any atom is 0.234 e. The third kappa shape index (κ3) is 4.90. The summed E-state index contributed by atoms with van der Waals surface area (Å²) in [5.41, 5.74) is 1.00. The van der Waals surface area contributed by atoms with Crippen LogP contribution in [-0.2, 0) is 11.2 Å². The summed E-state index contributed by atoms with van der Waals surface area (Å²) in [7, 11) is 0. The van der Waals surface area contributed by atoms with E-state index in [9.17, 15) is 14.3 Å². The van der Waals surface area contributed by atoms with E-state index in [-0.39, 0.29) is 17.8 Å². The summed E-state index contributed by atoms with van der Waals surface area (Å²) in [5.74, 6) is -0.275. The smallest absolute Gasteiger partial charge is 0.234 e. The molecule has 0 bridgehead atoms. The second-order valence-corrected chi connectivity index (χ2v) is 5.26. The van der Waals surface area contributed by atoms with E-state index < -0.39 is 0 Å². The van der Waals surface area contributed by atoms with Gasteiger partial charge in [-0.25, -0.2) is 4.39 Å². The Morgan fingerprint density at radius 3 is 2.85 bits per heavy atom. The highest BCUT2D eigenvalue weighted by Gasteiger charge is 2.19. The van der Waals surface area contributed by atoms with Gasteiger partial charge < -0.3 is 10.4 Å². The number of nitrogens with one attached hydrogen (secondary N) is 1. The third-order valence-electron chi connectivity index (χ3n) is 3.50. The molecule has 1 heterocycles. The number of hydrogen-bond acceptors (Lipinski definition) is 3. The van der Waals surface area contributed by atoms with Crippen molar-refractivity contribution in [3.63, 3.8) is 0 Å². The van der Waals surface area contributed by atoms with Crippen LogP contribution in [0.1, 0.15) is 18.4 Å². The standard InChI is InChI=1S/C15H21FN2O2/c16-13-5-3-12(4-6-13)7-8-17-15(20)11-18-9-1-2-14(19)10-18/h3-6,14,19H,1-2,7-11H2,(H,17,20)/t14-/m0/s1. The van der Waals surface area contributed by atoms with Gasteiger partial charge in [0.2, 0.25) is 5.91 Å². The number of piperidine rings is 1. The SMILES string of the molecule is O=C(CN1CCC[C@H](O)C1)NCCc1ccc(F)cc1. The van der Waals surface area contributed by atoms with Crippen LogP contribution in [0.3, 0.4) is 0 Å². The second kappa shape index (κ2) is 7.36. The number of rotatable bonds is 5. The van der Waals surface area contributed by atoms with Gasteiger partial charge in [0, 0.05) is 13.1 Å². The van der Waals surface area contributed by atoms with Crippen molar-refractivity contribution < 1.29 is 14.3 Å². The molecule has 0 unspecified atom stereocenters. The van der Waals surface area contributed by atoms with Crippen molar-refractivity contribution in [1.29, 1.82) is 0 Å². The molecule has 1 aromatic carbocycles. The van der Waals surface area contributed by atoms with E-state index in [0.717, 1.165) is 24.9 Å².